The SMILES string of the molecule is CS(=O)(=O)N1CCC(O)(C(F)(F)F)C1. The normalized spacial score (nSPS) is 30.9. The highest BCUT2D eigenvalue weighted by atomic mass is 32.2. The summed E-state index contributed by atoms with van der Waals surface area (Å²) in [4.78, 5) is 0. The minimum Gasteiger partial charge on any atom is -0.379 e. The van der Waals surface area contributed by atoms with Gasteiger partial charge in [-0.25, -0.2) is 8.42 Å². The van der Waals surface area contributed by atoms with Crippen molar-refractivity contribution in [2.75, 3.05) is 19.3 Å². The second-order valence-electron chi connectivity index (χ2n) is 3.38. The second kappa shape index (κ2) is 3.07. The van der Waals surface area contributed by atoms with E-state index < -0.39 is 34.8 Å². The van der Waals surface area contributed by atoms with Crippen molar-refractivity contribution in [3.8, 4) is 0 Å². The van der Waals surface area contributed by atoms with Crippen LogP contribution in [0, 0.1) is 0 Å². The Balaban J connectivity index is 2.85. The molecule has 0 aromatic heterocycles. The van der Waals surface area contributed by atoms with Crippen molar-refractivity contribution in [1.29, 1.82) is 0 Å². The van der Waals surface area contributed by atoms with Gasteiger partial charge >= 0.3 is 6.18 Å². The van der Waals surface area contributed by atoms with E-state index >= 15 is 0 Å². The summed E-state index contributed by atoms with van der Waals surface area (Å²) in [6, 6.07) is 0. The Bertz CT molecular complexity index is 326. The van der Waals surface area contributed by atoms with E-state index in [1.54, 1.807) is 0 Å². The molecule has 0 amide bonds. The molecule has 1 saturated heterocycles. The molecule has 84 valence electrons. The minimum atomic E-state index is -4.79. The molecule has 0 radical (unpaired) electrons. The third kappa shape index (κ3) is 2.01. The zero-order valence-electron chi connectivity index (χ0n) is 7.37. The zero-order chi connectivity index (χ0) is 11.2. The van der Waals surface area contributed by atoms with Gasteiger partial charge in [0, 0.05) is 13.0 Å². The van der Waals surface area contributed by atoms with Gasteiger partial charge in [0.1, 0.15) is 0 Å². The summed E-state index contributed by atoms with van der Waals surface area (Å²) >= 11 is 0. The highest BCUT2D eigenvalue weighted by Gasteiger charge is 2.58. The van der Waals surface area contributed by atoms with E-state index in [4.69, 9.17) is 5.11 Å². The summed E-state index contributed by atoms with van der Waals surface area (Å²) in [5.41, 5.74) is -2.89. The van der Waals surface area contributed by atoms with Gasteiger partial charge < -0.3 is 5.11 Å². The van der Waals surface area contributed by atoms with E-state index in [9.17, 15) is 21.6 Å². The first kappa shape index (κ1) is 11.7. The fraction of sp³-hybridized carbons (Fsp3) is 1.00. The molecule has 0 aromatic carbocycles. The number of alkyl halides is 3. The molecule has 1 rings (SSSR count). The Morgan fingerprint density at radius 2 is 1.93 bits per heavy atom. The lowest BCUT2D eigenvalue weighted by Gasteiger charge is -2.25. The van der Waals surface area contributed by atoms with Crippen LogP contribution in [0.2, 0.25) is 0 Å². The van der Waals surface area contributed by atoms with Gasteiger partial charge in [-0.15, -0.1) is 0 Å². The van der Waals surface area contributed by atoms with Gasteiger partial charge in [0.05, 0.1) is 12.8 Å². The van der Waals surface area contributed by atoms with Crippen LogP contribution in [0.1, 0.15) is 6.42 Å². The number of aliphatic hydroxyl groups is 1. The molecule has 0 spiro atoms. The Morgan fingerprint density at radius 1 is 1.43 bits per heavy atom. The van der Waals surface area contributed by atoms with Crippen LogP contribution in [0.5, 0.6) is 0 Å². The quantitative estimate of drug-likeness (QED) is 0.690. The van der Waals surface area contributed by atoms with Gasteiger partial charge in [-0.2, -0.15) is 17.5 Å². The third-order valence-corrected chi connectivity index (χ3v) is 3.46. The van der Waals surface area contributed by atoms with E-state index in [1.165, 1.54) is 0 Å². The van der Waals surface area contributed by atoms with Crippen LogP contribution in [0.25, 0.3) is 0 Å². The molecular formula is C6H10F3NO3S. The van der Waals surface area contributed by atoms with Gasteiger partial charge in [0.25, 0.3) is 0 Å². The standard InChI is InChI=1S/C6H10F3NO3S/c1-14(12,13)10-3-2-5(11,4-10)6(7,8)9/h11H,2-4H2,1H3. The monoisotopic (exact) mass is 233 g/mol. The van der Waals surface area contributed by atoms with Crippen molar-refractivity contribution in [3.63, 3.8) is 0 Å². The molecule has 4 nitrogen and oxygen atoms in total. The van der Waals surface area contributed by atoms with E-state index in [-0.39, 0.29) is 6.54 Å². The predicted octanol–water partition coefficient (Wildman–Crippen LogP) is -0.0549. The average Bonchev–Trinajstić information content (AvgIpc) is 2.29. The van der Waals surface area contributed by atoms with E-state index in [1.807, 2.05) is 0 Å². The maximum absolute atomic E-state index is 12.2. The highest BCUT2D eigenvalue weighted by Crippen LogP contribution is 2.38. The van der Waals surface area contributed by atoms with Crippen LogP contribution in [0.3, 0.4) is 0 Å². The summed E-state index contributed by atoms with van der Waals surface area (Å²) in [5, 5.41) is 9.13. The number of halogens is 3. The number of rotatable bonds is 1. The molecule has 14 heavy (non-hydrogen) atoms. The minimum absolute atomic E-state index is 0.297. The Morgan fingerprint density at radius 3 is 2.14 bits per heavy atom. The van der Waals surface area contributed by atoms with Crippen LogP contribution >= 0.6 is 0 Å². The van der Waals surface area contributed by atoms with Crippen LogP contribution in [0.15, 0.2) is 0 Å². The Hall–Kier alpha value is -0.340. The summed E-state index contributed by atoms with van der Waals surface area (Å²) in [6.07, 6.45) is -4.58. The lowest BCUT2D eigenvalue weighted by Crippen LogP contribution is -2.47. The van der Waals surface area contributed by atoms with Gasteiger partial charge in [0.2, 0.25) is 10.0 Å². The van der Waals surface area contributed by atoms with Crippen molar-refractivity contribution in [1.82, 2.24) is 4.31 Å². The van der Waals surface area contributed by atoms with Crippen LogP contribution in [-0.2, 0) is 10.0 Å². The largest absolute Gasteiger partial charge is 0.418 e. The number of hydrogen-bond acceptors (Lipinski definition) is 3. The second-order valence-corrected chi connectivity index (χ2v) is 5.36. The predicted molar refractivity (Wildman–Crippen MR) is 42.0 cm³/mol. The molecule has 0 aliphatic carbocycles. The van der Waals surface area contributed by atoms with Gasteiger partial charge in [-0.3, -0.25) is 0 Å². The van der Waals surface area contributed by atoms with Gasteiger partial charge in [0.15, 0.2) is 5.60 Å². The van der Waals surface area contributed by atoms with E-state index in [0.29, 0.717) is 4.31 Å². The maximum atomic E-state index is 12.2. The van der Waals surface area contributed by atoms with E-state index in [2.05, 4.69) is 0 Å². The molecule has 1 heterocycles. The summed E-state index contributed by atoms with van der Waals surface area (Å²) in [5.74, 6) is 0. The number of β-amino-alcohol motifs (C(OH)–C–C–N with tert-alkyl or cyclic N) is 1. The first-order chi connectivity index (χ1) is 6.06. The lowest BCUT2D eigenvalue weighted by atomic mass is 10.0. The molecular weight excluding hydrogens is 223 g/mol. The lowest BCUT2D eigenvalue weighted by molar-refractivity contribution is -0.252. The van der Waals surface area contributed by atoms with Crippen LogP contribution in [0.4, 0.5) is 13.2 Å². The first-order valence-electron chi connectivity index (χ1n) is 3.80. The van der Waals surface area contributed by atoms with Gasteiger partial charge in [-0.1, -0.05) is 0 Å². The molecule has 8 heteroatoms. The summed E-state index contributed by atoms with van der Waals surface area (Å²) < 4.78 is 59.1. The maximum Gasteiger partial charge on any atom is 0.418 e. The molecule has 1 N–H and O–H groups in total. The number of hydrogen-bond donors (Lipinski definition) is 1. The van der Waals surface area contributed by atoms with Crippen molar-refractivity contribution in [2.45, 2.75) is 18.2 Å². The molecule has 1 fully saturated rings. The average molecular weight is 233 g/mol. The zero-order valence-corrected chi connectivity index (χ0v) is 8.19. The van der Waals surface area contributed by atoms with Crippen LogP contribution in [-0.4, -0.2) is 49.0 Å². The molecule has 1 atom stereocenters. The van der Waals surface area contributed by atoms with Gasteiger partial charge in [-0.05, 0) is 0 Å². The third-order valence-electron chi connectivity index (χ3n) is 2.21. The van der Waals surface area contributed by atoms with Crippen molar-refractivity contribution in [3.05, 3.63) is 0 Å². The molecule has 1 unspecified atom stereocenters. The molecule has 0 bridgehead atoms. The molecule has 0 aromatic rings. The summed E-state index contributed by atoms with van der Waals surface area (Å²) in [6.45, 7) is -1.20. The van der Waals surface area contributed by atoms with E-state index in [0.717, 1.165) is 6.26 Å². The molecule has 1 aliphatic heterocycles. The van der Waals surface area contributed by atoms with Crippen molar-refractivity contribution in [2.24, 2.45) is 0 Å². The van der Waals surface area contributed by atoms with Crippen LogP contribution < -0.4 is 0 Å². The number of nitrogens with zero attached hydrogens (tertiary/aromatic N) is 1. The van der Waals surface area contributed by atoms with Crippen molar-refractivity contribution >= 4 is 10.0 Å². The first-order valence-corrected chi connectivity index (χ1v) is 5.65. The van der Waals surface area contributed by atoms with Crippen molar-refractivity contribution < 1.29 is 26.7 Å². The fourth-order valence-electron chi connectivity index (χ4n) is 1.27. The molecule has 0 saturated carbocycles. The smallest absolute Gasteiger partial charge is 0.379 e. The topological polar surface area (TPSA) is 57.6 Å². The fourth-order valence-corrected chi connectivity index (χ4v) is 2.14. The highest BCUT2D eigenvalue weighted by molar-refractivity contribution is 7.88. The summed E-state index contributed by atoms with van der Waals surface area (Å²) in [7, 11) is -3.66. The Labute approximate surface area is 79.4 Å². The number of sulfonamides is 1. The molecule has 1 aliphatic rings. The Kier molecular flexibility index (Phi) is 2.58.